The first-order chi connectivity index (χ1) is 10.1. The first-order valence-corrected chi connectivity index (χ1v) is 7.87. The number of likely N-dealkylation sites (tertiary alicyclic amines) is 1. The molecular weight excluding hydrogens is 264 g/mol. The number of hydrogen-bond acceptors (Lipinski definition) is 4. The molecule has 0 saturated carbocycles. The third-order valence-electron chi connectivity index (χ3n) is 4.35. The van der Waals surface area contributed by atoms with Gasteiger partial charge < -0.3 is 10.5 Å². The molecule has 2 unspecified atom stereocenters. The maximum Gasteiger partial charge on any atom is 0.332 e. The Bertz CT molecular complexity index is 463. The van der Waals surface area contributed by atoms with Crippen LogP contribution >= 0.6 is 0 Å². The summed E-state index contributed by atoms with van der Waals surface area (Å²) in [6.45, 7) is 5.88. The van der Waals surface area contributed by atoms with Crippen LogP contribution in [0.3, 0.4) is 0 Å². The molecule has 0 spiro atoms. The van der Waals surface area contributed by atoms with Crippen molar-refractivity contribution in [1.29, 1.82) is 0 Å². The Balaban J connectivity index is 2.26. The molecule has 21 heavy (non-hydrogen) atoms. The van der Waals surface area contributed by atoms with Crippen molar-refractivity contribution in [2.75, 3.05) is 19.7 Å². The third-order valence-corrected chi connectivity index (χ3v) is 4.35. The lowest BCUT2D eigenvalue weighted by Crippen LogP contribution is -2.55. The van der Waals surface area contributed by atoms with Crippen molar-refractivity contribution >= 4 is 5.97 Å². The Kier molecular flexibility index (Phi) is 5.37. The number of carbonyl (C=O) groups excluding carboxylic acids is 1. The second kappa shape index (κ2) is 7.05. The largest absolute Gasteiger partial charge is 0.464 e. The van der Waals surface area contributed by atoms with Crippen molar-refractivity contribution in [3.05, 3.63) is 35.9 Å². The highest BCUT2D eigenvalue weighted by Crippen LogP contribution is 2.27. The zero-order valence-electron chi connectivity index (χ0n) is 13.0. The van der Waals surface area contributed by atoms with E-state index >= 15 is 0 Å². The van der Waals surface area contributed by atoms with Crippen molar-refractivity contribution in [2.24, 2.45) is 5.73 Å². The molecular formula is C17H26N2O2. The number of esters is 1. The molecule has 1 aromatic rings. The lowest BCUT2D eigenvalue weighted by Gasteiger charge is -2.34. The maximum absolute atomic E-state index is 12.5. The number of benzene rings is 1. The highest BCUT2D eigenvalue weighted by Gasteiger charge is 2.41. The molecule has 1 aliphatic heterocycles. The highest BCUT2D eigenvalue weighted by atomic mass is 16.5. The topological polar surface area (TPSA) is 55.6 Å². The third kappa shape index (κ3) is 3.44. The molecule has 0 amide bonds. The van der Waals surface area contributed by atoms with Gasteiger partial charge in [0.25, 0.3) is 0 Å². The molecule has 1 aromatic carbocycles. The van der Waals surface area contributed by atoms with Gasteiger partial charge in [0, 0.05) is 12.6 Å². The summed E-state index contributed by atoms with van der Waals surface area (Å²) in [5.41, 5.74) is 6.27. The summed E-state index contributed by atoms with van der Waals surface area (Å²) in [7, 11) is 0. The number of hydrogen-bond donors (Lipinski definition) is 1. The zero-order chi connectivity index (χ0) is 15.3. The quantitative estimate of drug-likeness (QED) is 0.817. The van der Waals surface area contributed by atoms with Crippen LogP contribution in [0.15, 0.2) is 30.3 Å². The second-order valence-corrected chi connectivity index (χ2v) is 5.73. The van der Waals surface area contributed by atoms with Gasteiger partial charge in [-0.2, -0.15) is 0 Å². The molecule has 1 fully saturated rings. The summed E-state index contributed by atoms with van der Waals surface area (Å²) >= 11 is 0. The van der Waals surface area contributed by atoms with E-state index in [4.69, 9.17) is 10.5 Å². The van der Waals surface area contributed by atoms with Crippen molar-refractivity contribution in [3.63, 3.8) is 0 Å². The van der Waals surface area contributed by atoms with Gasteiger partial charge in [0.1, 0.15) is 0 Å². The monoisotopic (exact) mass is 290 g/mol. The van der Waals surface area contributed by atoms with Gasteiger partial charge in [0.05, 0.1) is 6.61 Å². The van der Waals surface area contributed by atoms with Gasteiger partial charge in [-0.25, -0.2) is 4.79 Å². The standard InChI is InChI=1S/C17H26N2O2/c1-3-15-11-8-12-19(15)13-17(18,16(20)21-4-2)14-9-6-5-7-10-14/h5-7,9-10,15H,3-4,8,11-13,18H2,1-2H3. The van der Waals surface area contributed by atoms with Crippen LogP contribution in [0, 0.1) is 0 Å². The normalized spacial score (nSPS) is 22.0. The second-order valence-electron chi connectivity index (χ2n) is 5.73. The van der Waals surface area contributed by atoms with Crippen LogP contribution in [-0.2, 0) is 15.1 Å². The number of ether oxygens (including phenoxy) is 1. The lowest BCUT2D eigenvalue weighted by molar-refractivity contribution is -0.151. The number of nitrogens with zero attached hydrogens (tertiary/aromatic N) is 1. The average molecular weight is 290 g/mol. The molecule has 1 heterocycles. The van der Waals surface area contributed by atoms with Crippen molar-refractivity contribution < 1.29 is 9.53 Å². The lowest BCUT2D eigenvalue weighted by atomic mass is 9.90. The van der Waals surface area contributed by atoms with Crippen molar-refractivity contribution in [1.82, 2.24) is 4.90 Å². The van der Waals surface area contributed by atoms with E-state index in [0.717, 1.165) is 18.5 Å². The average Bonchev–Trinajstić information content (AvgIpc) is 2.95. The van der Waals surface area contributed by atoms with Crippen molar-refractivity contribution in [3.8, 4) is 0 Å². The molecule has 116 valence electrons. The molecule has 4 nitrogen and oxygen atoms in total. The summed E-state index contributed by atoms with van der Waals surface area (Å²) in [4.78, 5) is 14.8. The van der Waals surface area contributed by atoms with E-state index in [-0.39, 0.29) is 5.97 Å². The van der Waals surface area contributed by atoms with E-state index in [1.54, 1.807) is 0 Å². The van der Waals surface area contributed by atoms with E-state index in [0.29, 0.717) is 19.2 Å². The molecule has 0 bridgehead atoms. The van der Waals surface area contributed by atoms with Crippen molar-refractivity contribution in [2.45, 2.75) is 44.7 Å². The predicted molar refractivity (Wildman–Crippen MR) is 83.8 cm³/mol. The van der Waals surface area contributed by atoms with Crippen LogP contribution in [0.2, 0.25) is 0 Å². The summed E-state index contributed by atoms with van der Waals surface area (Å²) in [5, 5.41) is 0. The molecule has 0 aliphatic carbocycles. The fraction of sp³-hybridized carbons (Fsp3) is 0.588. The summed E-state index contributed by atoms with van der Waals surface area (Å²) in [5.74, 6) is -0.335. The number of carbonyl (C=O) groups is 1. The van der Waals surface area contributed by atoms with E-state index in [9.17, 15) is 4.79 Å². The Morgan fingerprint density at radius 1 is 1.38 bits per heavy atom. The van der Waals surface area contributed by atoms with Crippen LogP contribution in [0.4, 0.5) is 0 Å². The smallest absolute Gasteiger partial charge is 0.332 e. The number of nitrogens with two attached hydrogens (primary N) is 1. The van der Waals surface area contributed by atoms with Gasteiger partial charge in [-0.1, -0.05) is 37.3 Å². The first-order valence-electron chi connectivity index (χ1n) is 7.87. The van der Waals surface area contributed by atoms with Crippen LogP contribution in [0.5, 0.6) is 0 Å². The van der Waals surface area contributed by atoms with E-state index < -0.39 is 5.54 Å². The fourth-order valence-corrected chi connectivity index (χ4v) is 3.16. The minimum absolute atomic E-state index is 0.335. The molecule has 2 atom stereocenters. The minimum Gasteiger partial charge on any atom is -0.464 e. The fourth-order valence-electron chi connectivity index (χ4n) is 3.16. The van der Waals surface area contributed by atoms with E-state index in [1.165, 1.54) is 12.8 Å². The Morgan fingerprint density at radius 2 is 2.10 bits per heavy atom. The predicted octanol–water partition coefficient (Wildman–Crippen LogP) is 2.28. The van der Waals surface area contributed by atoms with E-state index in [1.807, 2.05) is 37.3 Å². The van der Waals surface area contributed by atoms with Gasteiger partial charge >= 0.3 is 5.97 Å². The first kappa shape index (κ1) is 16.0. The molecule has 0 aromatic heterocycles. The molecule has 2 rings (SSSR count). The summed E-state index contributed by atoms with van der Waals surface area (Å²) < 4.78 is 5.25. The van der Waals surface area contributed by atoms with Gasteiger partial charge in [0.15, 0.2) is 5.54 Å². The Morgan fingerprint density at radius 3 is 2.71 bits per heavy atom. The van der Waals surface area contributed by atoms with Crippen LogP contribution in [0.1, 0.15) is 38.7 Å². The number of rotatable bonds is 6. The van der Waals surface area contributed by atoms with Gasteiger partial charge in [-0.3, -0.25) is 4.90 Å². The Labute approximate surface area is 127 Å². The molecule has 0 radical (unpaired) electrons. The molecule has 4 heteroatoms. The maximum atomic E-state index is 12.5. The van der Waals surface area contributed by atoms with Crippen LogP contribution in [-0.4, -0.2) is 36.6 Å². The summed E-state index contributed by atoms with van der Waals surface area (Å²) in [6.07, 6.45) is 3.45. The molecule has 2 N–H and O–H groups in total. The minimum atomic E-state index is -1.09. The highest BCUT2D eigenvalue weighted by molar-refractivity contribution is 5.82. The van der Waals surface area contributed by atoms with Gasteiger partial charge in [0.2, 0.25) is 0 Å². The van der Waals surface area contributed by atoms with Crippen LogP contribution in [0.25, 0.3) is 0 Å². The molecule has 1 saturated heterocycles. The summed E-state index contributed by atoms with van der Waals surface area (Å²) in [6, 6.07) is 10.1. The SMILES string of the molecule is CCOC(=O)C(N)(CN1CCCC1CC)c1ccccc1. The van der Waals surface area contributed by atoms with E-state index in [2.05, 4.69) is 11.8 Å². The van der Waals surface area contributed by atoms with Gasteiger partial charge in [-0.15, -0.1) is 0 Å². The molecule has 1 aliphatic rings. The van der Waals surface area contributed by atoms with Gasteiger partial charge in [-0.05, 0) is 38.3 Å². The zero-order valence-corrected chi connectivity index (χ0v) is 13.0. The van der Waals surface area contributed by atoms with Crippen LogP contribution < -0.4 is 5.73 Å². The Hall–Kier alpha value is -1.39.